The molecule has 0 atom stereocenters. The first-order valence-electron chi connectivity index (χ1n) is 2.36. The van der Waals surface area contributed by atoms with Gasteiger partial charge in [0.2, 0.25) is 0 Å². The topological polar surface area (TPSA) is 0 Å². The Morgan fingerprint density at radius 2 is 1.30 bits per heavy atom. The second-order valence-corrected chi connectivity index (χ2v) is 2.06. The van der Waals surface area contributed by atoms with Gasteiger partial charge in [0.1, 0.15) is 0 Å². The SMILES string of the molecule is C=C(C)C.FC(F)=C(F)Cl. The second-order valence-electron chi connectivity index (χ2n) is 1.73. The predicted molar refractivity (Wildman–Crippen MR) is 36.7 cm³/mol. The van der Waals surface area contributed by atoms with Crippen molar-refractivity contribution in [2.45, 2.75) is 13.8 Å². The van der Waals surface area contributed by atoms with Gasteiger partial charge in [-0.2, -0.15) is 13.2 Å². The van der Waals surface area contributed by atoms with Crippen molar-refractivity contribution in [3.8, 4) is 0 Å². The van der Waals surface area contributed by atoms with E-state index >= 15 is 0 Å². The maximum absolute atomic E-state index is 10.7. The van der Waals surface area contributed by atoms with E-state index in [4.69, 9.17) is 0 Å². The van der Waals surface area contributed by atoms with Gasteiger partial charge in [-0.1, -0.05) is 5.57 Å². The summed E-state index contributed by atoms with van der Waals surface area (Å²) in [6.45, 7) is 7.50. The summed E-state index contributed by atoms with van der Waals surface area (Å²) in [6.07, 6.45) is -2.48. The fraction of sp³-hybridized carbons (Fsp3) is 0.333. The van der Waals surface area contributed by atoms with Crippen molar-refractivity contribution in [3.05, 3.63) is 23.5 Å². The minimum atomic E-state index is -2.48. The lowest BCUT2D eigenvalue weighted by Gasteiger charge is -1.70. The number of hydrogen-bond donors (Lipinski definition) is 0. The molecule has 0 amide bonds. The molecule has 0 N–H and O–H groups in total. The highest BCUT2D eigenvalue weighted by Gasteiger charge is 1.95. The molecule has 0 spiro atoms. The van der Waals surface area contributed by atoms with Crippen LogP contribution in [0.3, 0.4) is 0 Å². The maximum Gasteiger partial charge on any atom is 0.317 e. The highest BCUT2D eigenvalue weighted by molar-refractivity contribution is 6.28. The van der Waals surface area contributed by atoms with Crippen LogP contribution in [0.25, 0.3) is 0 Å². The van der Waals surface area contributed by atoms with Gasteiger partial charge in [-0.05, 0) is 25.4 Å². The third kappa shape index (κ3) is 25.7. The van der Waals surface area contributed by atoms with Gasteiger partial charge in [0.05, 0.1) is 0 Å². The zero-order valence-electron chi connectivity index (χ0n) is 5.72. The normalized spacial score (nSPS) is 7.40. The smallest absolute Gasteiger partial charge is 0.188 e. The van der Waals surface area contributed by atoms with Gasteiger partial charge in [-0.15, -0.1) is 6.58 Å². The molecule has 0 heterocycles. The highest BCUT2D eigenvalue weighted by Crippen LogP contribution is 2.11. The van der Waals surface area contributed by atoms with Crippen LogP contribution in [0.15, 0.2) is 23.5 Å². The van der Waals surface area contributed by atoms with Crippen molar-refractivity contribution in [1.29, 1.82) is 0 Å². The zero-order valence-corrected chi connectivity index (χ0v) is 6.47. The van der Waals surface area contributed by atoms with Gasteiger partial charge in [-0.25, -0.2) is 0 Å². The van der Waals surface area contributed by atoms with Gasteiger partial charge < -0.3 is 0 Å². The standard InChI is InChI=1S/C4H8.C2ClF3/c1-4(2)3;3-1(4)2(5)6/h1H2,2-3H3;. The molecule has 0 bridgehead atoms. The van der Waals surface area contributed by atoms with Crippen LogP contribution >= 0.6 is 11.6 Å². The minimum absolute atomic E-state index is 1.17. The molecule has 0 saturated heterocycles. The van der Waals surface area contributed by atoms with E-state index in [9.17, 15) is 13.2 Å². The van der Waals surface area contributed by atoms with Gasteiger partial charge in [0, 0.05) is 0 Å². The molecule has 0 saturated carbocycles. The third-order valence-electron chi connectivity index (χ3n) is 0.143. The maximum atomic E-state index is 10.7. The van der Waals surface area contributed by atoms with Crippen LogP contribution in [0.5, 0.6) is 0 Å². The molecule has 0 radical (unpaired) electrons. The van der Waals surface area contributed by atoms with E-state index in [1.165, 1.54) is 5.57 Å². The van der Waals surface area contributed by atoms with E-state index in [1.807, 2.05) is 13.8 Å². The summed E-state index contributed by atoms with van der Waals surface area (Å²) in [6, 6.07) is 0. The summed E-state index contributed by atoms with van der Waals surface area (Å²) >= 11 is 4.08. The van der Waals surface area contributed by atoms with Crippen LogP contribution in [0.1, 0.15) is 13.8 Å². The average molecular weight is 173 g/mol. The van der Waals surface area contributed by atoms with Crippen molar-refractivity contribution in [3.63, 3.8) is 0 Å². The molecule has 0 aromatic heterocycles. The minimum Gasteiger partial charge on any atom is -0.188 e. The predicted octanol–water partition coefficient (Wildman–Crippen LogP) is 3.84. The number of hydrogen-bond acceptors (Lipinski definition) is 0. The van der Waals surface area contributed by atoms with Crippen molar-refractivity contribution in [2.75, 3.05) is 0 Å². The molecule has 0 unspecified atom stereocenters. The molecular formula is C6H8ClF3. The molecule has 0 aliphatic heterocycles. The van der Waals surface area contributed by atoms with Crippen LogP contribution in [0.2, 0.25) is 0 Å². The Labute approximate surface area is 63.0 Å². The molecular weight excluding hydrogens is 165 g/mol. The molecule has 0 fully saturated rings. The quantitative estimate of drug-likeness (QED) is 0.487. The number of halogens is 4. The van der Waals surface area contributed by atoms with E-state index < -0.39 is 11.4 Å². The summed E-state index contributed by atoms with van der Waals surface area (Å²) < 4.78 is 31.8. The van der Waals surface area contributed by atoms with Crippen LogP contribution in [-0.2, 0) is 0 Å². The Morgan fingerprint density at radius 1 is 1.20 bits per heavy atom. The molecule has 0 aliphatic rings. The zero-order chi connectivity index (χ0) is 8.73. The fourth-order valence-electron chi connectivity index (χ4n) is 0. The van der Waals surface area contributed by atoms with E-state index in [2.05, 4.69) is 18.2 Å². The molecule has 0 aliphatic carbocycles. The summed E-state index contributed by atoms with van der Waals surface area (Å²) in [5.41, 5.74) is 1.17. The summed E-state index contributed by atoms with van der Waals surface area (Å²) in [5, 5.41) is -1.94. The molecule has 10 heavy (non-hydrogen) atoms. The summed E-state index contributed by atoms with van der Waals surface area (Å²) in [5.74, 6) is 0. The number of rotatable bonds is 0. The van der Waals surface area contributed by atoms with E-state index in [-0.39, 0.29) is 0 Å². The lowest BCUT2D eigenvalue weighted by molar-refractivity contribution is 0.393. The van der Waals surface area contributed by atoms with Crippen molar-refractivity contribution >= 4 is 11.6 Å². The van der Waals surface area contributed by atoms with Gasteiger partial charge in [0.25, 0.3) is 5.29 Å². The van der Waals surface area contributed by atoms with Gasteiger partial charge >= 0.3 is 6.08 Å². The highest BCUT2D eigenvalue weighted by atomic mass is 35.5. The summed E-state index contributed by atoms with van der Waals surface area (Å²) in [4.78, 5) is 0. The largest absolute Gasteiger partial charge is 0.317 e. The molecule has 60 valence electrons. The fourth-order valence-corrected chi connectivity index (χ4v) is 0. The molecule has 0 aromatic carbocycles. The molecule has 0 rings (SSSR count). The first-order chi connectivity index (χ1) is 4.37. The van der Waals surface area contributed by atoms with Crippen LogP contribution in [-0.4, -0.2) is 0 Å². The van der Waals surface area contributed by atoms with E-state index in [0.717, 1.165) is 0 Å². The monoisotopic (exact) mass is 172 g/mol. The Hall–Kier alpha value is -0.440. The molecule has 0 nitrogen and oxygen atoms in total. The Bertz CT molecular complexity index is 118. The first-order valence-corrected chi connectivity index (χ1v) is 2.74. The second kappa shape index (κ2) is 6.68. The first kappa shape index (κ1) is 12.3. The van der Waals surface area contributed by atoms with Crippen LogP contribution < -0.4 is 0 Å². The van der Waals surface area contributed by atoms with Crippen LogP contribution in [0.4, 0.5) is 13.2 Å². The third-order valence-corrected chi connectivity index (χ3v) is 0.286. The number of allylic oxidation sites excluding steroid dienone is 1. The molecule has 4 heteroatoms. The van der Waals surface area contributed by atoms with Crippen molar-refractivity contribution in [1.82, 2.24) is 0 Å². The Morgan fingerprint density at radius 3 is 1.30 bits per heavy atom. The average Bonchev–Trinajstić information content (AvgIpc) is 1.63. The van der Waals surface area contributed by atoms with E-state index in [0.29, 0.717) is 0 Å². The van der Waals surface area contributed by atoms with E-state index in [1.54, 1.807) is 0 Å². The Kier molecular flexibility index (Phi) is 8.18. The lowest BCUT2D eigenvalue weighted by atomic mass is 10.4. The Balaban J connectivity index is 0. The van der Waals surface area contributed by atoms with Crippen molar-refractivity contribution in [2.24, 2.45) is 0 Å². The lowest BCUT2D eigenvalue weighted by Crippen LogP contribution is -1.54. The van der Waals surface area contributed by atoms with Crippen molar-refractivity contribution < 1.29 is 13.2 Å². The van der Waals surface area contributed by atoms with Gasteiger partial charge in [0.15, 0.2) is 0 Å². The van der Waals surface area contributed by atoms with Gasteiger partial charge in [-0.3, -0.25) is 0 Å². The summed E-state index contributed by atoms with van der Waals surface area (Å²) in [7, 11) is 0. The van der Waals surface area contributed by atoms with Crippen LogP contribution in [0, 0.1) is 0 Å². The molecule has 0 aromatic rings.